The molecule has 0 aromatic heterocycles. The highest BCUT2D eigenvalue weighted by Crippen LogP contribution is 2.27. The van der Waals surface area contributed by atoms with E-state index in [2.05, 4.69) is 20.1 Å². The van der Waals surface area contributed by atoms with Crippen molar-refractivity contribution in [2.24, 2.45) is 0 Å². The summed E-state index contributed by atoms with van der Waals surface area (Å²) in [5.74, 6) is 0.726. The van der Waals surface area contributed by atoms with Gasteiger partial charge in [0.1, 0.15) is 11.5 Å². The highest BCUT2D eigenvalue weighted by Gasteiger charge is 2.08. The molecular weight excluding hydrogens is 408 g/mol. The molecule has 0 saturated carbocycles. The van der Waals surface area contributed by atoms with Gasteiger partial charge in [-0.25, -0.2) is 9.59 Å². The van der Waals surface area contributed by atoms with Crippen molar-refractivity contribution in [1.29, 1.82) is 0 Å². The zero-order chi connectivity index (χ0) is 23.8. The molecule has 0 radical (unpaired) electrons. The molecule has 0 heterocycles. The molecule has 32 heavy (non-hydrogen) atoms. The summed E-state index contributed by atoms with van der Waals surface area (Å²) in [4.78, 5) is 22.8. The highest BCUT2D eigenvalue weighted by molar-refractivity contribution is 5.87. The molecule has 6 heteroatoms. The Kier molecular flexibility index (Phi) is 13.6. The number of unbranched alkanes of at least 4 members (excludes halogenated alkanes) is 3. The number of hydrogen-bond donors (Lipinski definition) is 0. The van der Waals surface area contributed by atoms with Gasteiger partial charge in [-0.3, -0.25) is 0 Å². The van der Waals surface area contributed by atoms with Crippen LogP contribution in [0, 0.1) is 0 Å². The Labute approximate surface area is 192 Å². The van der Waals surface area contributed by atoms with Crippen LogP contribution in [0.15, 0.2) is 42.5 Å². The quantitative estimate of drug-likeness (QED) is 0.177. The van der Waals surface area contributed by atoms with E-state index in [0.717, 1.165) is 24.2 Å². The third-order valence-electron chi connectivity index (χ3n) is 4.61. The Hall–Kier alpha value is -2.76. The fourth-order valence-electron chi connectivity index (χ4n) is 2.77. The summed E-state index contributed by atoms with van der Waals surface area (Å²) in [6.45, 7) is 14.0. The molecule has 0 aliphatic rings. The van der Waals surface area contributed by atoms with Gasteiger partial charge in [0.05, 0.1) is 26.4 Å². The number of hydrogen-bond acceptors (Lipinski definition) is 6. The van der Waals surface area contributed by atoms with Crippen molar-refractivity contribution < 1.29 is 28.5 Å². The first-order valence-electron chi connectivity index (χ1n) is 11.4. The van der Waals surface area contributed by atoms with Gasteiger partial charge in [0.25, 0.3) is 0 Å². The Balaban J connectivity index is 2.56. The molecule has 1 aromatic rings. The van der Waals surface area contributed by atoms with Gasteiger partial charge in [0, 0.05) is 30.1 Å². The van der Waals surface area contributed by atoms with Crippen molar-refractivity contribution >= 4 is 11.9 Å². The van der Waals surface area contributed by atoms with Crippen LogP contribution in [0.1, 0.15) is 64.9 Å². The Morgan fingerprint density at radius 1 is 0.781 bits per heavy atom. The lowest BCUT2D eigenvalue weighted by Crippen LogP contribution is -2.10. The minimum Gasteiger partial charge on any atom is -0.493 e. The first-order valence-corrected chi connectivity index (χ1v) is 11.4. The Morgan fingerprint density at radius 3 is 1.94 bits per heavy atom. The maximum atomic E-state index is 11.5. The summed E-state index contributed by atoms with van der Waals surface area (Å²) in [7, 11) is 0. The monoisotopic (exact) mass is 446 g/mol. The van der Waals surface area contributed by atoms with E-state index in [9.17, 15) is 9.59 Å². The molecule has 1 aromatic carbocycles. The largest absolute Gasteiger partial charge is 0.493 e. The van der Waals surface area contributed by atoms with E-state index in [1.165, 1.54) is 19.3 Å². The fourth-order valence-corrected chi connectivity index (χ4v) is 2.77. The molecule has 0 bridgehead atoms. The van der Waals surface area contributed by atoms with Gasteiger partial charge >= 0.3 is 11.9 Å². The lowest BCUT2D eigenvalue weighted by Gasteiger charge is -2.14. The molecule has 0 saturated heterocycles. The Bertz CT molecular complexity index is 753. The average molecular weight is 447 g/mol. The second-order valence-electron chi connectivity index (χ2n) is 7.82. The van der Waals surface area contributed by atoms with Gasteiger partial charge in [0.15, 0.2) is 0 Å². The molecule has 0 spiro atoms. The zero-order valence-electron chi connectivity index (χ0n) is 19.9. The number of rotatable bonds is 17. The maximum Gasteiger partial charge on any atom is 0.333 e. The Morgan fingerprint density at radius 2 is 1.38 bits per heavy atom. The zero-order valence-corrected chi connectivity index (χ0v) is 19.9. The van der Waals surface area contributed by atoms with Crippen LogP contribution in [0.3, 0.4) is 0 Å². The topological polar surface area (TPSA) is 71.1 Å². The highest BCUT2D eigenvalue weighted by atomic mass is 16.5. The maximum absolute atomic E-state index is 11.5. The van der Waals surface area contributed by atoms with Crippen LogP contribution in [-0.4, -0.2) is 38.4 Å². The van der Waals surface area contributed by atoms with E-state index in [1.54, 1.807) is 13.8 Å². The third-order valence-corrected chi connectivity index (χ3v) is 4.61. The van der Waals surface area contributed by atoms with Gasteiger partial charge < -0.3 is 18.9 Å². The van der Waals surface area contributed by atoms with Crippen molar-refractivity contribution in [3.63, 3.8) is 0 Å². The first-order chi connectivity index (χ1) is 15.3. The van der Waals surface area contributed by atoms with Crippen molar-refractivity contribution in [3.8, 4) is 11.5 Å². The summed E-state index contributed by atoms with van der Waals surface area (Å²) in [6.07, 6.45) is 6.83. The van der Waals surface area contributed by atoms with E-state index in [-0.39, 0.29) is 25.2 Å². The molecule has 0 unspecified atom stereocenters. The van der Waals surface area contributed by atoms with E-state index >= 15 is 0 Å². The van der Waals surface area contributed by atoms with Crippen LogP contribution in [0.25, 0.3) is 0 Å². The van der Waals surface area contributed by atoms with Gasteiger partial charge in [-0.15, -0.1) is 0 Å². The van der Waals surface area contributed by atoms with E-state index < -0.39 is 0 Å². The molecule has 0 atom stereocenters. The molecule has 6 nitrogen and oxygen atoms in total. The number of benzene rings is 1. The summed E-state index contributed by atoms with van der Waals surface area (Å²) in [6, 6.07) is 5.88. The lowest BCUT2D eigenvalue weighted by molar-refractivity contribution is -0.140. The average Bonchev–Trinajstić information content (AvgIpc) is 2.76. The standard InChI is InChI=1S/C26H38O6/c1-6-7-8-9-12-22-13-14-23(29-15-10-17-31-25(27)20(2)3)19-24(22)30-16-11-18-32-26(28)21(4)5/h13-14,19H,2,4,6-12,15-18H2,1,3,5H3. The molecule has 0 aliphatic heterocycles. The van der Waals surface area contributed by atoms with Crippen LogP contribution in [0.5, 0.6) is 11.5 Å². The van der Waals surface area contributed by atoms with Crippen molar-refractivity contribution in [1.82, 2.24) is 0 Å². The minimum atomic E-state index is -0.387. The van der Waals surface area contributed by atoms with Gasteiger partial charge in [0.2, 0.25) is 0 Å². The van der Waals surface area contributed by atoms with Gasteiger partial charge in [-0.1, -0.05) is 45.4 Å². The van der Waals surface area contributed by atoms with Crippen LogP contribution in [0.4, 0.5) is 0 Å². The van der Waals surface area contributed by atoms with Gasteiger partial charge in [-0.2, -0.15) is 0 Å². The normalized spacial score (nSPS) is 10.3. The summed E-state index contributed by atoms with van der Waals surface area (Å²) in [5.41, 5.74) is 1.92. The second-order valence-corrected chi connectivity index (χ2v) is 7.82. The second kappa shape index (κ2) is 16.0. The first kappa shape index (κ1) is 27.3. The molecule has 0 aliphatic carbocycles. The third kappa shape index (κ3) is 11.6. The predicted octanol–water partition coefficient (Wildman–Crippen LogP) is 5.59. The predicted molar refractivity (Wildman–Crippen MR) is 126 cm³/mol. The molecule has 0 N–H and O–H groups in total. The number of carbonyl (C=O) groups is 2. The van der Waals surface area contributed by atoms with Crippen LogP contribution >= 0.6 is 0 Å². The molecule has 1 rings (SSSR count). The van der Waals surface area contributed by atoms with Crippen molar-refractivity contribution in [2.45, 2.75) is 65.7 Å². The van der Waals surface area contributed by atoms with Crippen molar-refractivity contribution in [2.75, 3.05) is 26.4 Å². The lowest BCUT2D eigenvalue weighted by atomic mass is 10.1. The minimum absolute atomic E-state index is 0.285. The smallest absolute Gasteiger partial charge is 0.333 e. The molecule has 0 fully saturated rings. The summed E-state index contributed by atoms with van der Waals surface area (Å²) < 4.78 is 22.0. The molecule has 0 amide bonds. The van der Waals surface area contributed by atoms with Crippen LogP contribution in [-0.2, 0) is 25.5 Å². The molecule has 178 valence electrons. The summed E-state index contributed by atoms with van der Waals surface area (Å²) in [5, 5.41) is 0. The number of esters is 2. The number of ether oxygens (including phenoxy) is 4. The summed E-state index contributed by atoms with van der Waals surface area (Å²) >= 11 is 0. The van der Waals surface area contributed by atoms with E-state index in [0.29, 0.717) is 43.0 Å². The number of aryl methyl sites for hydroxylation is 1. The van der Waals surface area contributed by atoms with Crippen LogP contribution in [0.2, 0.25) is 0 Å². The van der Waals surface area contributed by atoms with E-state index in [4.69, 9.17) is 18.9 Å². The number of carbonyl (C=O) groups excluding carboxylic acids is 2. The van der Waals surface area contributed by atoms with Gasteiger partial charge in [-0.05, 0) is 38.3 Å². The fraction of sp³-hybridized carbons (Fsp3) is 0.538. The van der Waals surface area contributed by atoms with Crippen LogP contribution < -0.4 is 9.47 Å². The SMILES string of the molecule is C=C(C)C(=O)OCCCOc1ccc(CCCCCC)c(OCCCOC(=O)C(=C)C)c1. The molecular formula is C26H38O6. The van der Waals surface area contributed by atoms with Crippen molar-refractivity contribution in [3.05, 3.63) is 48.1 Å². The van der Waals surface area contributed by atoms with E-state index in [1.807, 2.05) is 18.2 Å².